The minimum absolute atomic E-state index is 0.0225. The van der Waals surface area contributed by atoms with Gasteiger partial charge in [-0.1, -0.05) is 37.3 Å². The third kappa shape index (κ3) is 5.49. The van der Waals surface area contributed by atoms with E-state index in [1.54, 1.807) is 15.6 Å². The van der Waals surface area contributed by atoms with Gasteiger partial charge in [0.25, 0.3) is 10.2 Å². The van der Waals surface area contributed by atoms with Crippen molar-refractivity contribution in [2.45, 2.75) is 25.8 Å². The van der Waals surface area contributed by atoms with Crippen molar-refractivity contribution in [3.05, 3.63) is 59.1 Å². The molecule has 0 bridgehead atoms. The molecule has 2 aliphatic rings. The molecule has 3 aromatic rings. The SMILES string of the molecule is Cc1nc2cc(N3CCN(S(=O)(=O)N[C@H]4[C@H](C)[C@@H]4c4ccccc4)CC3)ccc2s1.O=C(O)O. The molecule has 3 N–H and O–H groups in total. The summed E-state index contributed by atoms with van der Waals surface area (Å²) in [5.41, 5.74) is 3.33. The number of nitrogens with zero attached hydrogens (tertiary/aromatic N) is 3. The Morgan fingerprint density at radius 3 is 2.38 bits per heavy atom. The first kappa shape index (κ1) is 24.4. The summed E-state index contributed by atoms with van der Waals surface area (Å²) >= 11 is 1.70. The van der Waals surface area contributed by atoms with Crippen molar-refractivity contribution in [3.63, 3.8) is 0 Å². The second-order valence-corrected chi connectivity index (χ2v) is 11.4. The average Bonchev–Trinajstić information content (AvgIpc) is 3.24. The van der Waals surface area contributed by atoms with E-state index in [4.69, 9.17) is 15.0 Å². The Labute approximate surface area is 202 Å². The van der Waals surface area contributed by atoms with Crippen LogP contribution < -0.4 is 9.62 Å². The van der Waals surface area contributed by atoms with Crippen LogP contribution in [0, 0.1) is 12.8 Å². The van der Waals surface area contributed by atoms with Crippen molar-refractivity contribution >= 4 is 43.6 Å². The standard InChI is InChI=1S/C22H26N4O2S2.CH2O3/c1-15-21(17-6-4-3-5-7-17)22(15)24-30(27,28)26-12-10-25(11-13-26)18-8-9-20-19(14-18)23-16(2)29-20;2-1(3)4/h3-9,14-15,21-22,24H,10-13H2,1-2H3;(H2,2,3,4)/t15-,21-,22+;/m1./s1. The monoisotopic (exact) mass is 504 g/mol. The number of hydrogen-bond acceptors (Lipinski definition) is 6. The minimum atomic E-state index is -3.48. The predicted molar refractivity (Wildman–Crippen MR) is 133 cm³/mol. The van der Waals surface area contributed by atoms with E-state index in [9.17, 15) is 8.42 Å². The van der Waals surface area contributed by atoms with Gasteiger partial charge in [0.2, 0.25) is 0 Å². The van der Waals surface area contributed by atoms with Gasteiger partial charge in [0.1, 0.15) is 0 Å². The lowest BCUT2D eigenvalue weighted by molar-refractivity contribution is 0.137. The summed E-state index contributed by atoms with van der Waals surface area (Å²) in [4.78, 5) is 15.4. The van der Waals surface area contributed by atoms with E-state index in [0.717, 1.165) is 16.2 Å². The topological polar surface area (TPSA) is 123 Å². The number of anilines is 1. The molecule has 2 fully saturated rings. The molecule has 0 amide bonds. The highest BCUT2D eigenvalue weighted by Gasteiger charge is 2.50. The fraction of sp³-hybridized carbons (Fsp3) is 0.391. The number of carbonyl (C=O) groups is 1. The van der Waals surface area contributed by atoms with Gasteiger partial charge in [0.05, 0.1) is 15.2 Å². The number of thiazole rings is 1. The Kier molecular flexibility index (Phi) is 7.08. The predicted octanol–water partition coefficient (Wildman–Crippen LogP) is 3.59. The zero-order valence-electron chi connectivity index (χ0n) is 19.0. The molecule has 1 saturated carbocycles. The highest BCUT2D eigenvalue weighted by Crippen LogP contribution is 2.47. The number of fused-ring (bicyclic) bond motifs is 1. The second-order valence-electron chi connectivity index (χ2n) is 8.50. The first-order valence-electron chi connectivity index (χ1n) is 11.0. The van der Waals surface area contributed by atoms with Gasteiger partial charge in [-0.2, -0.15) is 17.4 Å². The molecule has 1 aliphatic carbocycles. The van der Waals surface area contributed by atoms with Crippen LogP contribution in [0.5, 0.6) is 0 Å². The molecule has 1 saturated heterocycles. The highest BCUT2D eigenvalue weighted by molar-refractivity contribution is 7.87. The molecule has 5 rings (SSSR count). The Morgan fingerprint density at radius 2 is 1.74 bits per heavy atom. The quantitative estimate of drug-likeness (QED) is 0.485. The van der Waals surface area contributed by atoms with Crippen molar-refractivity contribution in [3.8, 4) is 0 Å². The lowest BCUT2D eigenvalue weighted by Crippen LogP contribution is -2.52. The average molecular weight is 505 g/mol. The lowest BCUT2D eigenvalue weighted by atomic mass is 10.1. The second kappa shape index (κ2) is 9.87. The van der Waals surface area contributed by atoms with E-state index in [0.29, 0.717) is 32.1 Å². The molecule has 1 aliphatic heterocycles. The van der Waals surface area contributed by atoms with Gasteiger partial charge in [-0.25, -0.2) is 9.78 Å². The van der Waals surface area contributed by atoms with E-state index < -0.39 is 16.4 Å². The van der Waals surface area contributed by atoms with Crippen LogP contribution in [0.3, 0.4) is 0 Å². The number of carboxylic acid groups (broad SMARTS) is 2. The first-order chi connectivity index (χ1) is 16.2. The van der Waals surface area contributed by atoms with Crippen LogP contribution in [0.15, 0.2) is 48.5 Å². The van der Waals surface area contributed by atoms with E-state index >= 15 is 0 Å². The van der Waals surface area contributed by atoms with Gasteiger partial charge in [0, 0.05) is 43.8 Å². The van der Waals surface area contributed by atoms with E-state index in [-0.39, 0.29) is 12.0 Å². The number of nitrogens with one attached hydrogen (secondary N) is 1. The first-order valence-corrected chi connectivity index (χ1v) is 13.3. The van der Waals surface area contributed by atoms with Crippen LogP contribution in [-0.4, -0.2) is 66.3 Å². The Morgan fingerprint density at radius 1 is 1.09 bits per heavy atom. The smallest absolute Gasteiger partial charge is 0.450 e. The zero-order valence-corrected chi connectivity index (χ0v) is 20.6. The van der Waals surface area contributed by atoms with Gasteiger partial charge in [-0.05, 0) is 36.6 Å². The number of benzene rings is 2. The highest BCUT2D eigenvalue weighted by atomic mass is 32.2. The van der Waals surface area contributed by atoms with Crippen LogP contribution in [0.2, 0.25) is 0 Å². The maximum absolute atomic E-state index is 13.0. The molecule has 2 aromatic carbocycles. The van der Waals surface area contributed by atoms with E-state index in [2.05, 4.69) is 51.9 Å². The van der Waals surface area contributed by atoms with Crippen molar-refractivity contribution < 1.29 is 23.4 Å². The van der Waals surface area contributed by atoms with Gasteiger partial charge < -0.3 is 15.1 Å². The Hall–Kier alpha value is -2.73. The maximum atomic E-state index is 13.0. The third-order valence-corrected chi connectivity index (χ3v) is 8.84. The molecular weight excluding hydrogens is 476 g/mol. The molecule has 9 nitrogen and oxygen atoms in total. The fourth-order valence-corrected chi connectivity index (χ4v) is 6.80. The Bertz CT molecular complexity index is 1250. The summed E-state index contributed by atoms with van der Waals surface area (Å²) in [6, 6.07) is 16.5. The van der Waals surface area contributed by atoms with Gasteiger partial charge in [0.15, 0.2) is 0 Å². The number of hydrogen-bond donors (Lipinski definition) is 3. The number of rotatable bonds is 5. The molecule has 182 valence electrons. The molecule has 3 atom stereocenters. The molecule has 0 radical (unpaired) electrons. The summed E-state index contributed by atoms with van der Waals surface area (Å²) in [6.07, 6.45) is -1.83. The van der Waals surface area contributed by atoms with Gasteiger partial charge in [-0.3, -0.25) is 0 Å². The van der Waals surface area contributed by atoms with Crippen LogP contribution in [-0.2, 0) is 10.2 Å². The molecule has 1 aromatic heterocycles. The van der Waals surface area contributed by atoms with Crippen molar-refractivity contribution in [1.82, 2.24) is 14.0 Å². The van der Waals surface area contributed by atoms with Crippen molar-refractivity contribution in [2.75, 3.05) is 31.1 Å². The van der Waals surface area contributed by atoms with Crippen LogP contribution in [0.1, 0.15) is 23.4 Å². The summed E-state index contributed by atoms with van der Waals surface area (Å²) < 4.78 is 31.7. The fourth-order valence-electron chi connectivity index (χ4n) is 4.49. The maximum Gasteiger partial charge on any atom is 0.503 e. The van der Waals surface area contributed by atoms with Gasteiger partial charge >= 0.3 is 6.16 Å². The van der Waals surface area contributed by atoms with Crippen LogP contribution in [0.4, 0.5) is 10.5 Å². The molecule has 2 heterocycles. The van der Waals surface area contributed by atoms with E-state index in [1.165, 1.54) is 10.3 Å². The van der Waals surface area contributed by atoms with Crippen LogP contribution >= 0.6 is 11.3 Å². The van der Waals surface area contributed by atoms with E-state index in [1.807, 2.05) is 25.1 Å². The third-order valence-electron chi connectivity index (χ3n) is 6.27. The summed E-state index contributed by atoms with van der Waals surface area (Å²) in [7, 11) is -3.48. The van der Waals surface area contributed by atoms with Crippen molar-refractivity contribution in [1.29, 1.82) is 0 Å². The molecular formula is C23H28N4O5S2. The van der Waals surface area contributed by atoms with Crippen molar-refractivity contribution in [2.24, 2.45) is 5.92 Å². The number of aromatic nitrogens is 1. The number of aryl methyl sites for hydroxylation is 1. The molecule has 0 unspecified atom stereocenters. The largest absolute Gasteiger partial charge is 0.503 e. The minimum Gasteiger partial charge on any atom is -0.450 e. The molecule has 0 spiro atoms. The number of piperazine rings is 1. The Balaban J connectivity index is 0.000000636. The zero-order chi connectivity index (χ0) is 24.5. The summed E-state index contributed by atoms with van der Waals surface area (Å²) in [6.45, 7) is 6.46. The summed E-state index contributed by atoms with van der Waals surface area (Å²) in [5, 5.41) is 15.0. The summed E-state index contributed by atoms with van der Waals surface area (Å²) in [5.74, 6) is 0.576. The normalized spacial score (nSPS) is 22.8. The van der Waals surface area contributed by atoms with Crippen LogP contribution in [0.25, 0.3) is 10.2 Å². The lowest BCUT2D eigenvalue weighted by Gasteiger charge is -2.35. The van der Waals surface area contributed by atoms with Gasteiger partial charge in [-0.15, -0.1) is 11.3 Å². The molecule has 11 heteroatoms. The molecule has 34 heavy (non-hydrogen) atoms.